The molecule has 20 heavy (non-hydrogen) atoms. The number of aromatic carboxylic acids is 1. The zero-order valence-electron chi connectivity index (χ0n) is 11.6. The smallest absolute Gasteiger partial charge is 0.335 e. The van der Waals surface area contributed by atoms with Crippen molar-refractivity contribution in [2.45, 2.75) is 19.8 Å². The maximum Gasteiger partial charge on any atom is 0.335 e. The van der Waals surface area contributed by atoms with Crippen molar-refractivity contribution in [1.29, 1.82) is 0 Å². The number of carbonyl (C=O) groups is 2. The van der Waals surface area contributed by atoms with Crippen LogP contribution in [0.25, 0.3) is 0 Å². The molecule has 2 amide bonds. The van der Waals surface area contributed by atoms with Gasteiger partial charge in [0, 0.05) is 19.6 Å². The van der Waals surface area contributed by atoms with Gasteiger partial charge in [0.1, 0.15) is 0 Å². The SMILES string of the molecule is CC1CCN(C(=O)NCCc2ccccc2C(=O)O)C1. The van der Waals surface area contributed by atoms with Crippen molar-refractivity contribution in [1.82, 2.24) is 10.2 Å². The van der Waals surface area contributed by atoms with E-state index < -0.39 is 5.97 Å². The lowest BCUT2D eigenvalue weighted by Gasteiger charge is -2.17. The highest BCUT2D eigenvalue weighted by Crippen LogP contribution is 2.14. The number of nitrogens with one attached hydrogen (secondary N) is 1. The van der Waals surface area contributed by atoms with Crippen LogP contribution in [-0.4, -0.2) is 41.6 Å². The monoisotopic (exact) mass is 276 g/mol. The molecule has 5 nitrogen and oxygen atoms in total. The number of carbonyl (C=O) groups excluding carboxylic acids is 1. The summed E-state index contributed by atoms with van der Waals surface area (Å²) in [5.74, 6) is -0.367. The molecule has 2 rings (SSSR count). The number of rotatable bonds is 4. The normalized spacial score (nSPS) is 18.1. The highest BCUT2D eigenvalue weighted by atomic mass is 16.4. The Morgan fingerprint density at radius 3 is 2.80 bits per heavy atom. The van der Waals surface area contributed by atoms with Gasteiger partial charge < -0.3 is 15.3 Å². The average molecular weight is 276 g/mol. The summed E-state index contributed by atoms with van der Waals surface area (Å²) in [6.07, 6.45) is 1.58. The standard InChI is InChI=1S/C15H20N2O3/c1-11-7-9-17(10-11)15(20)16-8-6-12-4-2-3-5-13(12)14(18)19/h2-5,11H,6-10H2,1H3,(H,16,20)(H,18,19). The molecule has 0 aromatic heterocycles. The third kappa shape index (κ3) is 3.50. The molecule has 1 aromatic carbocycles. The van der Waals surface area contributed by atoms with Crippen LogP contribution in [-0.2, 0) is 6.42 Å². The zero-order valence-corrected chi connectivity index (χ0v) is 11.6. The van der Waals surface area contributed by atoms with E-state index in [9.17, 15) is 9.59 Å². The Balaban J connectivity index is 1.84. The molecule has 1 unspecified atom stereocenters. The van der Waals surface area contributed by atoms with Crippen molar-refractivity contribution in [2.75, 3.05) is 19.6 Å². The summed E-state index contributed by atoms with van der Waals surface area (Å²) in [5, 5.41) is 11.9. The lowest BCUT2D eigenvalue weighted by molar-refractivity contribution is 0.0695. The second-order valence-electron chi connectivity index (χ2n) is 5.28. The fraction of sp³-hybridized carbons (Fsp3) is 0.467. The average Bonchev–Trinajstić information content (AvgIpc) is 2.86. The summed E-state index contributed by atoms with van der Waals surface area (Å²) in [7, 11) is 0. The van der Waals surface area contributed by atoms with Gasteiger partial charge in [0.15, 0.2) is 0 Å². The first-order chi connectivity index (χ1) is 9.58. The molecule has 0 spiro atoms. The van der Waals surface area contributed by atoms with Gasteiger partial charge in [-0.15, -0.1) is 0 Å². The summed E-state index contributed by atoms with van der Waals surface area (Å²) in [6, 6.07) is 6.83. The predicted octanol–water partition coefficient (Wildman–Crippen LogP) is 1.98. The summed E-state index contributed by atoms with van der Waals surface area (Å²) in [5.41, 5.74) is 1.05. The fourth-order valence-electron chi connectivity index (χ4n) is 2.48. The van der Waals surface area contributed by atoms with Gasteiger partial charge in [-0.1, -0.05) is 25.1 Å². The van der Waals surface area contributed by atoms with E-state index >= 15 is 0 Å². The maximum atomic E-state index is 11.9. The second kappa shape index (κ2) is 6.41. The molecule has 0 saturated carbocycles. The number of benzene rings is 1. The van der Waals surface area contributed by atoms with Crippen LogP contribution >= 0.6 is 0 Å². The van der Waals surface area contributed by atoms with Crippen LogP contribution in [0.5, 0.6) is 0 Å². The molecule has 108 valence electrons. The Kier molecular flexibility index (Phi) is 4.61. The number of carboxylic acid groups (broad SMARTS) is 1. The van der Waals surface area contributed by atoms with Gasteiger partial charge in [-0.2, -0.15) is 0 Å². The van der Waals surface area contributed by atoms with E-state index in [2.05, 4.69) is 12.2 Å². The quantitative estimate of drug-likeness (QED) is 0.883. The third-order valence-corrected chi connectivity index (χ3v) is 3.63. The van der Waals surface area contributed by atoms with Crippen LogP contribution in [0.1, 0.15) is 29.3 Å². The molecule has 1 aliphatic rings. The van der Waals surface area contributed by atoms with Gasteiger partial charge >= 0.3 is 12.0 Å². The first-order valence-corrected chi connectivity index (χ1v) is 6.92. The van der Waals surface area contributed by atoms with E-state index in [1.165, 1.54) is 0 Å². The summed E-state index contributed by atoms with van der Waals surface area (Å²) < 4.78 is 0. The molecular weight excluding hydrogens is 256 g/mol. The molecule has 1 aliphatic heterocycles. The first kappa shape index (κ1) is 14.4. The minimum Gasteiger partial charge on any atom is -0.478 e. The molecular formula is C15H20N2O3. The van der Waals surface area contributed by atoms with Gasteiger partial charge in [-0.3, -0.25) is 0 Å². The van der Waals surface area contributed by atoms with Crippen LogP contribution in [0.2, 0.25) is 0 Å². The highest BCUT2D eigenvalue weighted by molar-refractivity contribution is 5.89. The molecule has 1 aromatic rings. The number of urea groups is 1. The van der Waals surface area contributed by atoms with Crippen molar-refractivity contribution in [2.24, 2.45) is 5.92 Å². The minimum absolute atomic E-state index is 0.0536. The molecule has 5 heteroatoms. The van der Waals surface area contributed by atoms with E-state index in [-0.39, 0.29) is 6.03 Å². The van der Waals surface area contributed by atoms with Crippen LogP contribution < -0.4 is 5.32 Å². The third-order valence-electron chi connectivity index (χ3n) is 3.63. The van der Waals surface area contributed by atoms with E-state index in [4.69, 9.17) is 5.11 Å². The molecule has 0 aliphatic carbocycles. The molecule has 2 N–H and O–H groups in total. The van der Waals surface area contributed by atoms with E-state index in [0.717, 1.165) is 25.1 Å². The summed E-state index contributed by atoms with van der Waals surface area (Å²) >= 11 is 0. The Morgan fingerprint density at radius 1 is 1.40 bits per heavy atom. The van der Waals surface area contributed by atoms with Crippen molar-refractivity contribution in [3.8, 4) is 0 Å². The summed E-state index contributed by atoms with van der Waals surface area (Å²) in [4.78, 5) is 24.8. The zero-order chi connectivity index (χ0) is 14.5. The Morgan fingerprint density at radius 2 is 2.15 bits per heavy atom. The second-order valence-corrected chi connectivity index (χ2v) is 5.28. The number of likely N-dealkylation sites (tertiary alicyclic amines) is 1. The number of hydrogen-bond acceptors (Lipinski definition) is 2. The van der Waals surface area contributed by atoms with Crippen LogP contribution in [0.15, 0.2) is 24.3 Å². The minimum atomic E-state index is -0.930. The Labute approximate surface area is 118 Å². The molecule has 1 heterocycles. The van der Waals surface area contributed by atoms with Crippen molar-refractivity contribution in [3.05, 3.63) is 35.4 Å². The van der Waals surface area contributed by atoms with Gasteiger partial charge in [0.2, 0.25) is 0 Å². The van der Waals surface area contributed by atoms with Crippen molar-refractivity contribution in [3.63, 3.8) is 0 Å². The molecule has 1 atom stereocenters. The predicted molar refractivity (Wildman–Crippen MR) is 75.9 cm³/mol. The van der Waals surface area contributed by atoms with Gasteiger partial charge in [-0.05, 0) is 30.4 Å². The first-order valence-electron chi connectivity index (χ1n) is 6.92. The number of amides is 2. The van der Waals surface area contributed by atoms with Crippen LogP contribution in [0, 0.1) is 5.92 Å². The summed E-state index contributed by atoms with van der Waals surface area (Å²) in [6.45, 7) is 4.20. The number of carboxylic acids is 1. The Hall–Kier alpha value is -2.04. The van der Waals surface area contributed by atoms with Gasteiger partial charge in [0.25, 0.3) is 0 Å². The van der Waals surface area contributed by atoms with Crippen LogP contribution in [0.3, 0.4) is 0 Å². The number of nitrogens with zero attached hydrogens (tertiary/aromatic N) is 1. The molecule has 0 bridgehead atoms. The molecule has 0 radical (unpaired) electrons. The lowest BCUT2D eigenvalue weighted by atomic mass is 10.0. The Bertz CT molecular complexity index is 502. The van der Waals surface area contributed by atoms with E-state index in [0.29, 0.717) is 24.4 Å². The van der Waals surface area contributed by atoms with Crippen molar-refractivity contribution >= 4 is 12.0 Å². The largest absolute Gasteiger partial charge is 0.478 e. The topological polar surface area (TPSA) is 69.6 Å². The molecule has 1 saturated heterocycles. The fourth-order valence-corrected chi connectivity index (χ4v) is 2.48. The van der Waals surface area contributed by atoms with Crippen molar-refractivity contribution < 1.29 is 14.7 Å². The van der Waals surface area contributed by atoms with Crippen LogP contribution in [0.4, 0.5) is 4.79 Å². The number of hydrogen-bond donors (Lipinski definition) is 2. The highest BCUT2D eigenvalue weighted by Gasteiger charge is 2.22. The van der Waals surface area contributed by atoms with E-state index in [1.54, 1.807) is 18.2 Å². The maximum absolute atomic E-state index is 11.9. The van der Waals surface area contributed by atoms with E-state index in [1.807, 2.05) is 11.0 Å². The van der Waals surface area contributed by atoms with Gasteiger partial charge in [-0.25, -0.2) is 9.59 Å². The molecule has 1 fully saturated rings. The lowest BCUT2D eigenvalue weighted by Crippen LogP contribution is -2.39. The van der Waals surface area contributed by atoms with Gasteiger partial charge in [0.05, 0.1) is 5.56 Å².